The molecule has 0 N–H and O–H groups in total. The fourth-order valence-electron chi connectivity index (χ4n) is 4.54. The highest BCUT2D eigenvalue weighted by Crippen LogP contribution is 2.37. The van der Waals surface area contributed by atoms with Crippen LogP contribution in [0.4, 0.5) is 0 Å². The van der Waals surface area contributed by atoms with Crippen LogP contribution in [0.5, 0.6) is 11.5 Å². The molecule has 2 aromatic carbocycles. The first kappa shape index (κ1) is 26.5. The first-order valence-corrected chi connectivity index (χ1v) is 12.9. The van der Waals surface area contributed by atoms with Crippen LogP contribution in [0, 0.1) is 5.92 Å². The van der Waals surface area contributed by atoms with Gasteiger partial charge < -0.3 is 14.2 Å². The van der Waals surface area contributed by atoms with Crippen molar-refractivity contribution < 1.29 is 23.8 Å². The van der Waals surface area contributed by atoms with Gasteiger partial charge in [-0.2, -0.15) is 0 Å². The molecular formula is C30H38O5. The van der Waals surface area contributed by atoms with Gasteiger partial charge in [0.2, 0.25) is 0 Å². The van der Waals surface area contributed by atoms with Crippen LogP contribution in [-0.4, -0.2) is 25.2 Å². The molecule has 35 heavy (non-hydrogen) atoms. The van der Waals surface area contributed by atoms with Crippen molar-refractivity contribution in [2.75, 3.05) is 13.2 Å². The fraction of sp³-hybridized carbons (Fsp3) is 0.467. The molecule has 188 valence electrons. The Morgan fingerprint density at radius 1 is 0.857 bits per heavy atom. The Bertz CT molecular complexity index is 924. The number of unbranched alkanes of at least 4 members (excludes halogenated alkanes) is 3. The zero-order valence-electron chi connectivity index (χ0n) is 20.9. The summed E-state index contributed by atoms with van der Waals surface area (Å²) < 4.78 is 16.3. The van der Waals surface area contributed by atoms with Crippen LogP contribution >= 0.6 is 0 Å². The molecule has 0 amide bonds. The van der Waals surface area contributed by atoms with Gasteiger partial charge in [0, 0.05) is 6.08 Å². The van der Waals surface area contributed by atoms with E-state index in [1.807, 2.05) is 12.1 Å². The van der Waals surface area contributed by atoms with E-state index in [-0.39, 0.29) is 11.9 Å². The molecule has 0 radical (unpaired) electrons. The quantitative estimate of drug-likeness (QED) is 0.131. The summed E-state index contributed by atoms with van der Waals surface area (Å²) in [4.78, 5) is 23.5. The van der Waals surface area contributed by atoms with Gasteiger partial charge in [0.15, 0.2) is 0 Å². The minimum atomic E-state index is -0.377. The molecule has 1 fully saturated rings. The van der Waals surface area contributed by atoms with Gasteiger partial charge in [-0.05, 0) is 105 Å². The first-order valence-electron chi connectivity index (χ1n) is 12.9. The minimum absolute atomic E-state index is 0.370. The molecule has 2 aromatic rings. The van der Waals surface area contributed by atoms with Gasteiger partial charge in [-0.25, -0.2) is 9.59 Å². The Labute approximate surface area is 209 Å². The average molecular weight is 479 g/mol. The molecule has 3 rings (SSSR count). The van der Waals surface area contributed by atoms with E-state index in [1.165, 1.54) is 43.7 Å². The highest BCUT2D eigenvalue weighted by molar-refractivity contribution is 5.91. The van der Waals surface area contributed by atoms with Crippen molar-refractivity contribution >= 4 is 11.9 Å². The largest absolute Gasteiger partial charge is 0.494 e. The van der Waals surface area contributed by atoms with E-state index in [9.17, 15) is 9.59 Å². The van der Waals surface area contributed by atoms with Crippen molar-refractivity contribution in [3.05, 3.63) is 72.3 Å². The molecule has 0 aromatic heterocycles. The summed E-state index contributed by atoms with van der Waals surface area (Å²) in [6, 6.07) is 15.1. The highest BCUT2D eigenvalue weighted by Gasteiger charge is 2.21. The van der Waals surface area contributed by atoms with Crippen LogP contribution in [0.1, 0.15) is 86.6 Å². The van der Waals surface area contributed by atoms with Gasteiger partial charge in [0.1, 0.15) is 11.5 Å². The predicted molar refractivity (Wildman–Crippen MR) is 138 cm³/mol. The molecule has 1 aliphatic carbocycles. The van der Waals surface area contributed by atoms with Gasteiger partial charge >= 0.3 is 11.9 Å². The van der Waals surface area contributed by atoms with Gasteiger partial charge in [0.25, 0.3) is 0 Å². The Hall–Kier alpha value is -3.08. The Balaban J connectivity index is 1.35. The maximum absolute atomic E-state index is 12.5. The molecule has 0 saturated heterocycles. The molecule has 5 heteroatoms. The summed E-state index contributed by atoms with van der Waals surface area (Å²) in [5.74, 6) is 2.06. The van der Waals surface area contributed by atoms with Gasteiger partial charge in [-0.1, -0.05) is 32.1 Å². The molecule has 0 bridgehead atoms. The molecule has 0 atom stereocenters. The third-order valence-corrected chi connectivity index (χ3v) is 6.79. The summed E-state index contributed by atoms with van der Waals surface area (Å²) >= 11 is 0. The number of hydrogen-bond acceptors (Lipinski definition) is 5. The Morgan fingerprint density at radius 3 is 2.11 bits per heavy atom. The smallest absolute Gasteiger partial charge is 0.343 e. The normalized spacial score (nSPS) is 17.4. The Morgan fingerprint density at radius 2 is 1.49 bits per heavy atom. The number of esters is 2. The molecule has 1 aliphatic rings. The molecule has 0 heterocycles. The lowest BCUT2D eigenvalue weighted by atomic mass is 9.78. The van der Waals surface area contributed by atoms with E-state index in [2.05, 4.69) is 25.6 Å². The summed E-state index contributed by atoms with van der Waals surface area (Å²) in [5, 5.41) is 0. The van der Waals surface area contributed by atoms with E-state index in [0.29, 0.717) is 30.4 Å². The summed E-state index contributed by atoms with van der Waals surface area (Å²) in [6.07, 6.45) is 11.3. The maximum atomic E-state index is 12.5. The number of benzene rings is 2. The standard InChI is InChI=1S/C30H38O5/c1-3-23-9-11-24(12-10-23)25-13-19-28(20-14-25)35-30(32)26-15-17-27(18-16-26)33-21-7-5-6-8-22-34-29(31)4-2/h4,13-20,23-24H,2-3,5-12,21-22H2,1H3. The van der Waals surface area contributed by atoms with Crippen molar-refractivity contribution in [1.82, 2.24) is 0 Å². The highest BCUT2D eigenvalue weighted by atomic mass is 16.5. The van der Waals surface area contributed by atoms with Gasteiger partial charge in [-0.15, -0.1) is 0 Å². The fourth-order valence-corrected chi connectivity index (χ4v) is 4.54. The zero-order valence-corrected chi connectivity index (χ0v) is 20.9. The lowest BCUT2D eigenvalue weighted by Gasteiger charge is -2.28. The second-order valence-electron chi connectivity index (χ2n) is 9.24. The number of ether oxygens (including phenoxy) is 3. The molecule has 0 unspecified atom stereocenters. The average Bonchev–Trinajstić information content (AvgIpc) is 2.90. The van der Waals surface area contributed by atoms with Gasteiger partial charge in [-0.3, -0.25) is 0 Å². The first-order chi connectivity index (χ1) is 17.1. The van der Waals surface area contributed by atoms with E-state index in [1.54, 1.807) is 24.3 Å². The summed E-state index contributed by atoms with van der Waals surface area (Å²) in [7, 11) is 0. The second-order valence-corrected chi connectivity index (χ2v) is 9.24. The second kappa shape index (κ2) is 14.3. The SMILES string of the molecule is C=CC(=O)OCCCCCCOc1ccc(C(=O)Oc2ccc(C3CCC(CC)CC3)cc2)cc1. The van der Waals surface area contributed by atoms with Crippen molar-refractivity contribution in [3.8, 4) is 11.5 Å². The van der Waals surface area contributed by atoms with Crippen molar-refractivity contribution in [3.63, 3.8) is 0 Å². The molecule has 1 saturated carbocycles. The van der Waals surface area contributed by atoms with E-state index >= 15 is 0 Å². The van der Waals surface area contributed by atoms with E-state index in [4.69, 9.17) is 14.2 Å². The van der Waals surface area contributed by atoms with Crippen molar-refractivity contribution in [2.45, 2.75) is 70.6 Å². The minimum Gasteiger partial charge on any atom is -0.494 e. The topological polar surface area (TPSA) is 61.8 Å². The van der Waals surface area contributed by atoms with Crippen molar-refractivity contribution in [2.24, 2.45) is 5.92 Å². The third-order valence-electron chi connectivity index (χ3n) is 6.79. The van der Waals surface area contributed by atoms with Crippen LogP contribution < -0.4 is 9.47 Å². The van der Waals surface area contributed by atoms with Crippen LogP contribution in [0.25, 0.3) is 0 Å². The number of carbonyl (C=O) groups is 2. The van der Waals surface area contributed by atoms with E-state index < -0.39 is 0 Å². The van der Waals surface area contributed by atoms with E-state index in [0.717, 1.165) is 37.4 Å². The number of hydrogen-bond donors (Lipinski definition) is 0. The van der Waals surface area contributed by atoms with Crippen LogP contribution in [0.3, 0.4) is 0 Å². The zero-order chi connectivity index (χ0) is 24.9. The van der Waals surface area contributed by atoms with Crippen molar-refractivity contribution in [1.29, 1.82) is 0 Å². The molecule has 0 spiro atoms. The lowest BCUT2D eigenvalue weighted by Crippen LogP contribution is -2.12. The predicted octanol–water partition coefficient (Wildman–Crippen LogP) is 7.26. The summed E-state index contributed by atoms with van der Waals surface area (Å²) in [5.41, 5.74) is 1.84. The lowest BCUT2D eigenvalue weighted by molar-refractivity contribution is -0.137. The number of rotatable bonds is 13. The van der Waals surface area contributed by atoms with Crippen LogP contribution in [-0.2, 0) is 9.53 Å². The van der Waals surface area contributed by atoms with Crippen LogP contribution in [0.15, 0.2) is 61.2 Å². The van der Waals surface area contributed by atoms with Crippen LogP contribution in [0.2, 0.25) is 0 Å². The Kier molecular flexibility index (Phi) is 10.9. The molecule has 0 aliphatic heterocycles. The third kappa shape index (κ3) is 8.89. The summed E-state index contributed by atoms with van der Waals surface area (Å²) in [6.45, 7) is 6.68. The van der Waals surface area contributed by atoms with Gasteiger partial charge in [0.05, 0.1) is 18.8 Å². The monoisotopic (exact) mass is 478 g/mol. The number of carbonyl (C=O) groups excluding carboxylic acids is 2. The molecular weight excluding hydrogens is 440 g/mol. The maximum Gasteiger partial charge on any atom is 0.343 e. The molecule has 5 nitrogen and oxygen atoms in total.